The molecule has 0 atom stereocenters. The standard InChI is InChI=1S/C29H26BrN3O5/c1-4-7-21-13-20(16-31-33-18(3)32-25-11-10-23(30)15-24(25)28(33)34)14-26(37-5-2)27(21)38-17-19-8-6-9-22(12-19)29(35)36/h4,6,8-16H,1,5,7,17H2,2-3H3,(H,35,36). The van der Waals surface area contributed by atoms with Crippen molar-refractivity contribution in [2.24, 2.45) is 5.10 Å². The van der Waals surface area contributed by atoms with Crippen molar-refractivity contribution in [3.63, 3.8) is 0 Å². The summed E-state index contributed by atoms with van der Waals surface area (Å²) < 4.78 is 14.1. The summed E-state index contributed by atoms with van der Waals surface area (Å²) in [5.74, 6) is 0.505. The third kappa shape index (κ3) is 6.00. The lowest BCUT2D eigenvalue weighted by Crippen LogP contribution is -2.20. The minimum Gasteiger partial charge on any atom is -0.490 e. The first-order valence-electron chi connectivity index (χ1n) is 11.9. The maximum absolute atomic E-state index is 13.1. The van der Waals surface area contributed by atoms with Crippen LogP contribution >= 0.6 is 15.9 Å². The van der Waals surface area contributed by atoms with Crippen LogP contribution < -0.4 is 15.0 Å². The van der Waals surface area contributed by atoms with E-state index in [0.717, 1.165) is 10.0 Å². The first-order chi connectivity index (χ1) is 18.3. The zero-order valence-electron chi connectivity index (χ0n) is 21.0. The fraction of sp³-hybridized carbons (Fsp3) is 0.172. The summed E-state index contributed by atoms with van der Waals surface area (Å²) in [6.07, 6.45) is 3.83. The summed E-state index contributed by atoms with van der Waals surface area (Å²) in [6.45, 7) is 8.01. The summed E-state index contributed by atoms with van der Waals surface area (Å²) in [4.78, 5) is 28.9. The topological polar surface area (TPSA) is 103 Å². The van der Waals surface area contributed by atoms with Gasteiger partial charge in [-0.15, -0.1) is 6.58 Å². The molecule has 0 spiro atoms. The molecule has 38 heavy (non-hydrogen) atoms. The number of hydrogen-bond acceptors (Lipinski definition) is 6. The normalized spacial score (nSPS) is 11.1. The van der Waals surface area contributed by atoms with Crippen molar-refractivity contribution in [1.29, 1.82) is 0 Å². The second-order valence-electron chi connectivity index (χ2n) is 8.41. The average Bonchev–Trinajstić information content (AvgIpc) is 2.89. The number of aromatic nitrogens is 2. The van der Waals surface area contributed by atoms with Crippen LogP contribution in [0.3, 0.4) is 0 Å². The van der Waals surface area contributed by atoms with Crippen molar-refractivity contribution in [2.75, 3.05) is 6.61 Å². The molecule has 3 aromatic carbocycles. The lowest BCUT2D eigenvalue weighted by Gasteiger charge is -2.17. The van der Waals surface area contributed by atoms with Crippen LogP contribution in [0.5, 0.6) is 11.5 Å². The number of carbonyl (C=O) groups is 1. The van der Waals surface area contributed by atoms with Crippen molar-refractivity contribution in [3.05, 3.63) is 110 Å². The molecule has 0 fully saturated rings. The number of carboxylic acid groups (broad SMARTS) is 1. The number of fused-ring (bicyclic) bond motifs is 1. The number of aromatic carboxylic acids is 1. The fourth-order valence-electron chi connectivity index (χ4n) is 3.96. The summed E-state index contributed by atoms with van der Waals surface area (Å²) >= 11 is 3.40. The number of rotatable bonds is 10. The Hall–Kier alpha value is -4.24. The highest BCUT2D eigenvalue weighted by atomic mass is 79.9. The highest BCUT2D eigenvalue weighted by molar-refractivity contribution is 9.10. The SMILES string of the molecule is C=CCc1cc(C=Nn2c(C)nc3ccc(Br)cc3c2=O)cc(OCC)c1OCc1cccc(C(=O)O)c1. The van der Waals surface area contributed by atoms with E-state index >= 15 is 0 Å². The molecule has 0 bridgehead atoms. The van der Waals surface area contributed by atoms with Gasteiger partial charge in [-0.05, 0) is 73.9 Å². The first kappa shape index (κ1) is 26.8. The molecule has 4 rings (SSSR count). The van der Waals surface area contributed by atoms with Gasteiger partial charge in [-0.2, -0.15) is 9.78 Å². The predicted octanol–water partition coefficient (Wildman–Crippen LogP) is 5.75. The Kier molecular flexibility index (Phi) is 8.38. The van der Waals surface area contributed by atoms with Gasteiger partial charge in [0.15, 0.2) is 11.5 Å². The van der Waals surface area contributed by atoms with Gasteiger partial charge in [-0.1, -0.05) is 34.1 Å². The molecule has 194 valence electrons. The molecule has 4 aromatic rings. The Morgan fingerprint density at radius 2 is 2.00 bits per heavy atom. The summed E-state index contributed by atoms with van der Waals surface area (Å²) in [5, 5.41) is 14.2. The van der Waals surface area contributed by atoms with E-state index in [-0.39, 0.29) is 17.7 Å². The molecule has 9 heteroatoms. The van der Waals surface area contributed by atoms with Crippen LogP contribution in [0.4, 0.5) is 0 Å². The van der Waals surface area contributed by atoms with Crippen molar-refractivity contribution in [1.82, 2.24) is 9.66 Å². The molecule has 1 aromatic heterocycles. The molecule has 0 radical (unpaired) electrons. The largest absolute Gasteiger partial charge is 0.490 e. The molecule has 0 saturated heterocycles. The number of nitrogens with zero attached hydrogens (tertiary/aromatic N) is 3. The summed E-state index contributed by atoms with van der Waals surface area (Å²) in [7, 11) is 0. The number of allylic oxidation sites excluding steroid dienone is 1. The highest BCUT2D eigenvalue weighted by Gasteiger charge is 2.14. The third-order valence-electron chi connectivity index (χ3n) is 5.67. The van der Waals surface area contributed by atoms with Crippen molar-refractivity contribution in [2.45, 2.75) is 26.9 Å². The Balaban J connectivity index is 1.70. The fourth-order valence-corrected chi connectivity index (χ4v) is 4.32. The van der Waals surface area contributed by atoms with E-state index in [1.807, 2.05) is 19.1 Å². The molecule has 1 N–H and O–H groups in total. The zero-order chi connectivity index (χ0) is 27.2. The first-order valence-corrected chi connectivity index (χ1v) is 12.7. The van der Waals surface area contributed by atoms with Gasteiger partial charge in [-0.3, -0.25) is 4.79 Å². The summed E-state index contributed by atoms with van der Waals surface area (Å²) in [5.41, 5.74) is 2.75. The molecule has 8 nitrogen and oxygen atoms in total. The number of carboxylic acids is 1. The maximum atomic E-state index is 13.1. The van der Waals surface area contributed by atoms with Gasteiger partial charge in [0.05, 0.1) is 29.3 Å². The quantitative estimate of drug-likeness (QED) is 0.190. The van der Waals surface area contributed by atoms with Gasteiger partial charge < -0.3 is 14.6 Å². The molecule has 0 unspecified atom stereocenters. The smallest absolute Gasteiger partial charge is 0.335 e. The Morgan fingerprint density at radius 3 is 2.74 bits per heavy atom. The Bertz CT molecular complexity index is 1610. The highest BCUT2D eigenvalue weighted by Crippen LogP contribution is 2.34. The van der Waals surface area contributed by atoms with Crippen LogP contribution in [0.2, 0.25) is 0 Å². The van der Waals surface area contributed by atoms with Crippen LogP contribution in [-0.2, 0) is 13.0 Å². The van der Waals surface area contributed by atoms with E-state index < -0.39 is 5.97 Å². The van der Waals surface area contributed by atoms with Crippen LogP contribution in [0.15, 0.2) is 81.6 Å². The second-order valence-corrected chi connectivity index (χ2v) is 9.32. The van der Waals surface area contributed by atoms with E-state index in [1.54, 1.807) is 55.6 Å². The number of halogens is 1. The summed E-state index contributed by atoms with van der Waals surface area (Å²) in [6, 6.07) is 15.6. The van der Waals surface area contributed by atoms with Crippen LogP contribution in [0.1, 0.15) is 39.8 Å². The molecular weight excluding hydrogens is 550 g/mol. The molecule has 0 amide bonds. The van der Waals surface area contributed by atoms with Crippen LogP contribution in [0, 0.1) is 6.92 Å². The lowest BCUT2D eigenvalue weighted by molar-refractivity contribution is 0.0696. The van der Waals surface area contributed by atoms with E-state index in [2.05, 4.69) is 32.6 Å². The molecule has 1 heterocycles. The van der Waals surface area contributed by atoms with Gasteiger partial charge in [0.2, 0.25) is 0 Å². The molecule has 0 saturated carbocycles. The molecule has 0 aliphatic carbocycles. The number of ether oxygens (including phenoxy) is 2. The predicted molar refractivity (Wildman–Crippen MR) is 151 cm³/mol. The minimum absolute atomic E-state index is 0.158. The van der Waals surface area contributed by atoms with E-state index in [4.69, 9.17) is 9.47 Å². The van der Waals surface area contributed by atoms with Gasteiger partial charge in [0.25, 0.3) is 5.56 Å². The molecule has 0 aliphatic heterocycles. The van der Waals surface area contributed by atoms with Crippen LogP contribution in [-0.4, -0.2) is 33.6 Å². The number of hydrogen-bond donors (Lipinski definition) is 1. The average molecular weight is 576 g/mol. The zero-order valence-corrected chi connectivity index (χ0v) is 22.6. The van der Waals surface area contributed by atoms with Crippen molar-refractivity contribution in [3.8, 4) is 11.5 Å². The Labute approximate surface area is 228 Å². The lowest BCUT2D eigenvalue weighted by atomic mass is 10.1. The maximum Gasteiger partial charge on any atom is 0.335 e. The van der Waals surface area contributed by atoms with E-state index in [9.17, 15) is 14.7 Å². The van der Waals surface area contributed by atoms with Gasteiger partial charge in [-0.25, -0.2) is 9.78 Å². The molecular formula is C29H26BrN3O5. The van der Waals surface area contributed by atoms with Crippen LogP contribution in [0.25, 0.3) is 10.9 Å². The minimum atomic E-state index is -0.999. The van der Waals surface area contributed by atoms with Gasteiger partial charge in [0, 0.05) is 10.0 Å². The second kappa shape index (κ2) is 11.9. The van der Waals surface area contributed by atoms with Gasteiger partial charge >= 0.3 is 5.97 Å². The van der Waals surface area contributed by atoms with Crippen molar-refractivity contribution >= 4 is 39.0 Å². The Morgan fingerprint density at radius 1 is 1.18 bits per heavy atom. The third-order valence-corrected chi connectivity index (χ3v) is 6.16. The molecule has 0 aliphatic rings. The van der Waals surface area contributed by atoms with E-state index in [0.29, 0.717) is 52.4 Å². The van der Waals surface area contributed by atoms with Gasteiger partial charge in [0.1, 0.15) is 12.4 Å². The van der Waals surface area contributed by atoms with E-state index in [1.165, 1.54) is 10.7 Å². The monoisotopic (exact) mass is 575 g/mol. The number of aryl methyl sites for hydroxylation is 1. The number of benzene rings is 3. The van der Waals surface area contributed by atoms with Crippen molar-refractivity contribution < 1.29 is 19.4 Å².